The Morgan fingerprint density at radius 2 is 1.64 bits per heavy atom. The zero-order valence-electron chi connectivity index (χ0n) is 7.51. The Morgan fingerprint density at radius 1 is 1.00 bits per heavy atom. The van der Waals surface area contributed by atoms with Crippen LogP contribution in [0.1, 0.15) is 19.3 Å². The quantitative estimate of drug-likeness (QED) is 0.603. The van der Waals surface area contributed by atoms with Gasteiger partial charge < -0.3 is 0 Å². The molecule has 0 saturated carbocycles. The Bertz CT molecular complexity index is 145. The summed E-state index contributed by atoms with van der Waals surface area (Å²) in [5, 5.41) is 0. The molecular formula is C9H19PS. The monoisotopic (exact) mass is 190 g/mol. The van der Waals surface area contributed by atoms with Crippen LogP contribution in [0, 0.1) is 0 Å². The standard InChI is InChI=1S/C9H19PS/c1-11-9-10(7-8-10)5-3-2-4-6-10/h2-9H2,1H3. The third kappa shape index (κ3) is 1.35. The molecule has 2 rings (SSSR count). The molecule has 0 aromatic heterocycles. The summed E-state index contributed by atoms with van der Waals surface area (Å²) in [4.78, 5) is 0. The first-order valence-electron chi connectivity index (χ1n) is 4.78. The van der Waals surface area contributed by atoms with E-state index < -0.39 is 6.60 Å². The van der Waals surface area contributed by atoms with Crippen molar-refractivity contribution in [2.24, 2.45) is 0 Å². The van der Waals surface area contributed by atoms with Gasteiger partial charge in [0.05, 0.1) is 0 Å². The number of thioether (sulfide) groups is 1. The summed E-state index contributed by atoms with van der Waals surface area (Å²) in [6, 6.07) is 0. The molecule has 0 aromatic rings. The van der Waals surface area contributed by atoms with Crippen molar-refractivity contribution >= 4 is 18.4 Å². The third-order valence-corrected chi connectivity index (χ3v) is 13.2. The second-order valence-corrected chi connectivity index (χ2v) is 12.5. The molecule has 2 aliphatic rings. The summed E-state index contributed by atoms with van der Waals surface area (Å²) < 4.78 is 0. The van der Waals surface area contributed by atoms with Gasteiger partial charge in [0.2, 0.25) is 0 Å². The van der Waals surface area contributed by atoms with Gasteiger partial charge in [-0.25, -0.2) is 0 Å². The minimum atomic E-state index is -0.885. The Balaban J connectivity index is 2.05. The molecule has 0 unspecified atom stereocenters. The van der Waals surface area contributed by atoms with Gasteiger partial charge in [-0.3, -0.25) is 0 Å². The molecule has 0 nitrogen and oxygen atoms in total. The van der Waals surface area contributed by atoms with Crippen LogP contribution in [0.15, 0.2) is 0 Å². The zero-order valence-corrected chi connectivity index (χ0v) is 9.22. The van der Waals surface area contributed by atoms with Crippen LogP contribution in [-0.2, 0) is 0 Å². The summed E-state index contributed by atoms with van der Waals surface area (Å²) >= 11 is 2.13. The maximum atomic E-state index is 2.30. The van der Waals surface area contributed by atoms with E-state index in [-0.39, 0.29) is 0 Å². The van der Waals surface area contributed by atoms with Gasteiger partial charge in [0.15, 0.2) is 0 Å². The van der Waals surface area contributed by atoms with Gasteiger partial charge in [-0.05, 0) is 0 Å². The van der Waals surface area contributed by atoms with Gasteiger partial charge in [0.25, 0.3) is 0 Å². The Morgan fingerprint density at radius 3 is 2.09 bits per heavy atom. The van der Waals surface area contributed by atoms with E-state index in [2.05, 4.69) is 18.0 Å². The number of rotatable bonds is 2. The average Bonchev–Trinajstić information content (AvgIpc) is 2.68. The SMILES string of the molecule is CSCP12(CCCCC1)CC2. The molecule has 0 N–H and O–H groups in total. The molecule has 1 spiro atoms. The third-order valence-electron chi connectivity index (χ3n) is 3.75. The van der Waals surface area contributed by atoms with E-state index in [1.807, 2.05) is 0 Å². The van der Waals surface area contributed by atoms with Crippen LogP contribution in [0.2, 0.25) is 0 Å². The summed E-state index contributed by atoms with van der Waals surface area (Å²) in [6.45, 7) is -0.885. The van der Waals surface area contributed by atoms with E-state index in [4.69, 9.17) is 0 Å². The molecule has 2 saturated heterocycles. The van der Waals surface area contributed by atoms with Crippen LogP contribution in [-0.4, -0.2) is 36.4 Å². The van der Waals surface area contributed by atoms with Crippen molar-refractivity contribution in [3.05, 3.63) is 0 Å². The second kappa shape index (κ2) is 2.64. The topological polar surface area (TPSA) is 0 Å². The molecule has 0 radical (unpaired) electrons. The van der Waals surface area contributed by atoms with E-state index >= 15 is 0 Å². The van der Waals surface area contributed by atoms with Gasteiger partial charge >= 0.3 is 74.0 Å². The number of hydrogen-bond acceptors (Lipinski definition) is 1. The van der Waals surface area contributed by atoms with Crippen molar-refractivity contribution in [3.63, 3.8) is 0 Å². The van der Waals surface area contributed by atoms with Gasteiger partial charge in [-0.15, -0.1) is 0 Å². The second-order valence-electron chi connectivity index (χ2n) is 4.61. The fraction of sp³-hybridized carbons (Fsp3) is 1.00. The first kappa shape index (κ1) is 8.38. The van der Waals surface area contributed by atoms with Crippen molar-refractivity contribution in [1.82, 2.24) is 0 Å². The van der Waals surface area contributed by atoms with Crippen molar-refractivity contribution in [3.8, 4) is 0 Å². The van der Waals surface area contributed by atoms with Gasteiger partial charge in [-0.1, -0.05) is 0 Å². The summed E-state index contributed by atoms with van der Waals surface area (Å²) in [5.74, 6) is 0. The van der Waals surface area contributed by atoms with Crippen molar-refractivity contribution < 1.29 is 0 Å². The predicted molar refractivity (Wildman–Crippen MR) is 58.6 cm³/mol. The molecule has 0 aliphatic carbocycles. The zero-order chi connectivity index (χ0) is 7.81. The van der Waals surface area contributed by atoms with E-state index in [9.17, 15) is 0 Å². The van der Waals surface area contributed by atoms with E-state index in [0.29, 0.717) is 0 Å². The van der Waals surface area contributed by atoms with Crippen LogP contribution in [0.3, 0.4) is 0 Å². The molecule has 2 aliphatic heterocycles. The van der Waals surface area contributed by atoms with E-state index in [0.717, 1.165) is 0 Å². The van der Waals surface area contributed by atoms with Crippen LogP contribution < -0.4 is 0 Å². The fourth-order valence-corrected chi connectivity index (χ4v) is 12.7. The van der Waals surface area contributed by atoms with Crippen LogP contribution in [0.5, 0.6) is 0 Å². The molecule has 0 bridgehead atoms. The molecule has 2 heterocycles. The molecule has 0 aromatic carbocycles. The van der Waals surface area contributed by atoms with E-state index in [1.54, 1.807) is 43.0 Å². The molecule has 11 heavy (non-hydrogen) atoms. The Labute approximate surface area is 74.4 Å². The molecule has 66 valence electrons. The van der Waals surface area contributed by atoms with Crippen molar-refractivity contribution in [1.29, 1.82) is 0 Å². The molecule has 2 heteroatoms. The van der Waals surface area contributed by atoms with Gasteiger partial charge in [-0.2, -0.15) is 0 Å². The number of hydrogen-bond donors (Lipinski definition) is 0. The first-order valence-corrected chi connectivity index (χ1v) is 9.33. The van der Waals surface area contributed by atoms with Crippen LogP contribution >= 0.6 is 18.4 Å². The van der Waals surface area contributed by atoms with Gasteiger partial charge in [0, 0.05) is 0 Å². The van der Waals surface area contributed by atoms with Crippen molar-refractivity contribution in [2.45, 2.75) is 19.3 Å². The Kier molecular flexibility index (Phi) is 2.01. The summed E-state index contributed by atoms with van der Waals surface area (Å²) in [6.07, 6.45) is 13.7. The van der Waals surface area contributed by atoms with Crippen LogP contribution in [0.25, 0.3) is 0 Å². The van der Waals surface area contributed by atoms with Crippen molar-refractivity contribution in [2.75, 3.05) is 36.4 Å². The molecular weight excluding hydrogens is 171 g/mol. The fourth-order valence-electron chi connectivity index (χ4n) is 2.69. The molecule has 0 atom stereocenters. The summed E-state index contributed by atoms with van der Waals surface area (Å²) in [7, 11) is 0. The molecule has 2 fully saturated rings. The summed E-state index contributed by atoms with van der Waals surface area (Å²) in [5.41, 5.74) is 1.58. The van der Waals surface area contributed by atoms with E-state index in [1.165, 1.54) is 6.42 Å². The Hall–Kier alpha value is 0.780. The first-order chi connectivity index (χ1) is 5.29. The average molecular weight is 190 g/mol. The van der Waals surface area contributed by atoms with Crippen LogP contribution in [0.4, 0.5) is 0 Å². The normalized spacial score (nSPS) is 35.9. The maximum absolute atomic E-state index is 2.30. The minimum absolute atomic E-state index is 0.885. The predicted octanol–water partition coefficient (Wildman–Crippen LogP) is 3.06. The van der Waals surface area contributed by atoms with Gasteiger partial charge in [0.1, 0.15) is 0 Å². The molecule has 0 amide bonds.